The molecule has 1 N–H and O–H groups in total. The number of ether oxygens (including phenoxy) is 1. The highest BCUT2D eigenvalue weighted by Crippen LogP contribution is 2.37. The van der Waals surface area contributed by atoms with Gasteiger partial charge in [0.25, 0.3) is 0 Å². The number of benzene rings is 1. The van der Waals surface area contributed by atoms with Gasteiger partial charge in [-0.15, -0.1) is 0 Å². The Hall–Kier alpha value is -1.44. The third kappa shape index (κ3) is 2.82. The van der Waals surface area contributed by atoms with Crippen LogP contribution in [0.2, 0.25) is 0 Å². The van der Waals surface area contributed by atoms with Crippen LogP contribution in [0.15, 0.2) is 30.0 Å². The summed E-state index contributed by atoms with van der Waals surface area (Å²) in [5, 5.41) is 3.10. The van der Waals surface area contributed by atoms with E-state index in [1.54, 1.807) is 0 Å². The van der Waals surface area contributed by atoms with Gasteiger partial charge in [0.05, 0.1) is 6.61 Å². The first-order chi connectivity index (χ1) is 8.20. The standard InChI is InChI=1S/C15H21NO/c1-11-4-5-15-14(9-11)13(6-7-17-15)8-12(2)10-16-3/h4-5,9-10,13,16H,6-8H2,1-3H3/b12-10+. The largest absolute Gasteiger partial charge is 0.493 e. The lowest BCUT2D eigenvalue weighted by atomic mass is 9.87. The van der Waals surface area contributed by atoms with Gasteiger partial charge in [-0.05, 0) is 50.4 Å². The molecule has 0 aromatic heterocycles. The van der Waals surface area contributed by atoms with Gasteiger partial charge in [0.15, 0.2) is 0 Å². The third-order valence-corrected chi connectivity index (χ3v) is 3.29. The fraction of sp³-hybridized carbons (Fsp3) is 0.467. The van der Waals surface area contributed by atoms with Crippen molar-refractivity contribution in [3.05, 3.63) is 41.1 Å². The number of rotatable bonds is 3. The van der Waals surface area contributed by atoms with Crippen molar-refractivity contribution in [2.45, 2.75) is 32.6 Å². The molecule has 1 aliphatic rings. The first-order valence-electron chi connectivity index (χ1n) is 6.27. The maximum atomic E-state index is 5.72. The van der Waals surface area contributed by atoms with Crippen LogP contribution in [0, 0.1) is 6.92 Å². The highest BCUT2D eigenvalue weighted by molar-refractivity contribution is 5.41. The molecule has 1 aromatic rings. The highest BCUT2D eigenvalue weighted by Gasteiger charge is 2.21. The second-order valence-electron chi connectivity index (χ2n) is 4.86. The molecule has 0 spiro atoms. The molecule has 1 aromatic carbocycles. The van der Waals surface area contributed by atoms with Crippen molar-refractivity contribution in [1.82, 2.24) is 5.32 Å². The second-order valence-corrected chi connectivity index (χ2v) is 4.86. The number of aryl methyl sites for hydroxylation is 1. The predicted molar refractivity (Wildman–Crippen MR) is 71.5 cm³/mol. The van der Waals surface area contributed by atoms with Crippen molar-refractivity contribution in [3.63, 3.8) is 0 Å². The molecule has 0 radical (unpaired) electrons. The molecule has 1 heterocycles. The SMILES string of the molecule is CN/C=C(\C)CC1CCOc2ccc(C)cc21. The van der Waals surface area contributed by atoms with Crippen LogP contribution in [-0.2, 0) is 0 Å². The minimum atomic E-state index is 0.600. The minimum absolute atomic E-state index is 0.600. The molecule has 0 fully saturated rings. The Morgan fingerprint density at radius 2 is 2.35 bits per heavy atom. The molecule has 1 aliphatic heterocycles. The van der Waals surface area contributed by atoms with Gasteiger partial charge in [-0.2, -0.15) is 0 Å². The van der Waals surface area contributed by atoms with E-state index in [-0.39, 0.29) is 0 Å². The molecule has 0 saturated heterocycles. The lowest BCUT2D eigenvalue weighted by Crippen LogP contribution is -2.15. The maximum absolute atomic E-state index is 5.72. The average Bonchev–Trinajstić information content (AvgIpc) is 2.30. The van der Waals surface area contributed by atoms with Gasteiger partial charge < -0.3 is 10.1 Å². The summed E-state index contributed by atoms with van der Waals surface area (Å²) in [6, 6.07) is 6.50. The van der Waals surface area contributed by atoms with Crippen LogP contribution < -0.4 is 10.1 Å². The molecule has 1 unspecified atom stereocenters. The zero-order chi connectivity index (χ0) is 12.3. The first-order valence-corrected chi connectivity index (χ1v) is 6.27. The van der Waals surface area contributed by atoms with Crippen LogP contribution in [-0.4, -0.2) is 13.7 Å². The summed E-state index contributed by atoms with van der Waals surface area (Å²) in [7, 11) is 1.95. The predicted octanol–water partition coefficient (Wildman–Crippen LogP) is 3.37. The smallest absolute Gasteiger partial charge is 0.122 e. The van der Waals surface area contributed by atoms with Gasteiger partial charge in [-0.25, -0.2) is 0 Å². The van der Waals surface area contributed by atoms with Gasteiger partial charge in [0, 0.05) is 7.05 Å². The molecule has 0 aliphatic carbocycles. The number of allylic oxidation sites excluding steroid dienone is 1. The molecular formula is C15H21NO. The van der Waals surface area contributed by atoms with Gasteiger partial charge in [-0.1, -0.05) is 23.3 Å². The lowest BCUT2D eigenvalue weighted by molar-refractivity contribution is 0.266. The normalized spacial score (nSPS) is 19.5. The molecular weight excluding hydrogens is 210 g/mol. The summed E-state index contributed by atoms with van der Waals surface area (Å²) in [5.41, 5.74) is 4.08. The van der Waals surface area contributed by atoms with Crippen molar-refractivity contribution in [2.24, 2.45) is 0 Å². The van der Waals surface area contributed by atoms with E-state index >= 15 is 0 Å². The van der Waals surface area contributed by atoms with E-state index in [9.17, 15) is 0 Å². The zero-order valence-corrected chi connectivity index (χ0v) is 10.9. The zero-order valence-electron chi connectivity index (χ0n) is 10.9. The fourth-order valence-electron chi connectivity index (χ4n) is 2.49. The molecule has 2 nitrogen and oxygen atoms in total. The maximum Gasteiger partial charge on any atom is 0.122 e. The lowest BCUT2D eigenvalue weighted by Gasteiger charge is -2.26. The summed E-state index contributed by atoms with van der Waals surface area (Å²) in [6.07, 6.45) is 4.32. The summed E-state index contributed by atoms with van der Waals surface area (Å²) >= 11 is 0. The molecule has 1 atom stereocenters. The molecule has 0 bridgehead atoms. The molecule has 0 amide bonds. The van der Waals surface area contributed by atoms with Crippen molar-refractivity contribution >= 4 is 0 Å². The van der Waals surface area contributed by atoms with Crippen LogP contribution in [0.4, 0.5) is 0 Å². The quantitative estimate of drug-likeness (QED) is 0.861. The first kappa shape index (κ1) is 12.0. The van der Waals surface area contributed by atoms with E-state index in [0.717, 1.165) is 25.2 Å². The van der Waals surface area contributed by atoms with Crippen LogP contribution in [0.25, 0.3) is 0 Å². The van der Waals surface area contributed by atoms with Crippen molar-refractivity contribution in [2.75, 3.05) is 13.7 Å². The Morgan fingerprint density at radius 3 is 3.12 bits per heavy atom. The van der Waals surface area contributed by atoms with Gasteiger partial charge >= 0.3 is 0 Å². The Labute approximate surface area is 104 Å². The Kier molecular flexibility index (Phi) is 3.72. The summed E-state index contributed by atoms with van der Waals surface area (Å²) in [6.45, 7) is 5.16. The molecule has 2 rings (SSSR count). The van der Waals surface area contributed by atoms with E-state index in [4.69, 9.17) is 4.74 Å². The van der Waals surface area contributed by atoms with Gasteiger partial charge in [0.2, 0.25) is 0 Å². The van der Waals surface area contributed by atoms with Gasteiger partial charge in [-0.3, -0.25) is 0 Å². The van der Waals surface area contributed by atoms with E-state index in [1.165, 1.54) is 16.7 Å². The topological polar surface area (TPSA) is 21.3 Å². The summed E-state index contributed by atoms with van der Waals surface area (Å²) in [5.74, 6) is 1.67. The van der Waals surface area contributed by atoms with Crippen LogP contribution >= 0.6 is 0 Å². The van der Waals surface area contributed by atoms with Crippen LogP contribution in [0.1, 0.15) is 36.8 Å². The minimum Gasteiger partial charge on any atom is -0.493 e. The average molecular weight is 231 g/mol. The molecule has 0 saturated carbocycles. The third-order valence-electron chi connectivity index (χ3n) is 3.29. The number of fused-ring (bicyclic) bond motifs is 1. The van der Waals surface area contributed by atoms with E-state index in [2.05, 4.69) is 43.6 Å². The Balaban J connectivity index is 2.22. The van der Waals surface area contributed by atoms with Crippen LogP contribution in [0.3, 0.4) is 0 Å². The van der Waals surface area contributed by atoms with E-state index < -0.39 is 0 Å². The number of nitrogens with one attached hydrogen (secondary N) is 1. The van der Waals surface area contributed by atoms with Crippen molar-refractivity contribution in [1.29, 1.82) is 0 Å². The fourth-order valence-corrected chi connectivity index (χ4v) is 2.49. The summed E-state index contributed by atoms with van der Waals surface area (Å²) < 4.78 is 5.72. The summed E-state index contributed by atoms with van der Waals surface area (Å²) in [4.78, 5) is 0. The van der Waals surface area contributed by atoms with Gasteiger partial charge in [0.1, 0.15) is 5.75 Å². The number of hydrogen-bond donors (Lipinski definition) is 1. The highest BCUT2D eigenvalue weighted by atomic mass is 16.5. The second kappa shape index (κ2) is 5.26. The van der Waals surface area contributed by atoms with Crippen molar-refractivity contribution in [3.8, 4) is 5.75 Å². The monoisotopic (exact) mass is 231 g/mol. The molecule has 92 valence electrons. The number of hydrogen-bond acceptors (Lipinski definition) is 2. The van der Waals surface area contributed by atoms with Crippen molar-refractivity contribution < 1.29 is 4.74 Å². The molecule has 2 heteroatoms. The van der Waals surface area contributed by atoms with E-state index in [0.29, 0.717) is 5.92 Å². The Morgan fingerprint density at radius 1 is 1.53 bits per heavy atom. The Bertz CT molecular complexity index is 423. The molecule has 17 heavy (non-hydrogen) atoms. The van der Waals surface area contributed by atoms with Crippen LogP contribution in [0.5, 0.6) is 5.75 Å². The van der Waals surface area contributed by atoms with E-state index in [1.807, 2.05) is 7.05 Å².